The van der Waals surface area contributed by atoms with Crippen LogP contribution in [0.25, 0.3) is 38.2 Å². The van der Waals surface area contributed by atoms with Gasteiger partial charge in [-0.25, -0.2) is 0 Å². The molecule has 5 rings (SSSR count). The van der Waals surface area contributed by atoms with Gasteiger partial charge in [0.2, 0.25) is 0 Å². The molecule has 1 aliphatic rings. The van der Waals surface area contributed by atoms with E-state index in [2.05, 4.69) is 112 Å². The zero-order valence-corrected chi connectivity index (χ0v) is 23.1. The predicted octanol–water partition coefficient (Wildman–Crippen LogP) is 10.2. The number of aryl methyl sites for hydroxylation is 6. The Morgan fingerprint density at radius 1 is 0.486 bits per heavy atom. The van der Waals surface area contributed by atoms with Crippen molar-refractivity contribution < 1.29 is 0 Å². The van der Waals surface area contributed by atoms with Crippen molar-refractivity contribution in [2.24, 2.45) is 5.92 Å². The zero-order valence-electron chi connectivity index (χ0n) is 23.1. The van der Waals surface area contributed by atoms with Crippen LogP contribution in [-0.2, 0) is 0 Å². The summed E-state index contributed by atoms with van der Waals surface area (Å²) in [4.78, 5) is 0. The molecule has 1 aliphatic carbocycles. The third kappa shape index (κ3) is 3.57. The minimum Gasteiger partial charge on any atom is -0.0631 e. The summed E-state index contributed by atoms with van der Waals surface area (Å²) in [6.45, 7) is 22.7. The van der Waals surface area contributed by atoms with E-state index in [4.69, 9.17) is 0 Å². The maximum absolute atomic E-state index is 2.45. The second-order valence-electron chi connectivity index (χ2n) is 11.1. The maximum atomic E-state index is 2.45. The third-order valence-electron chi connectivity index (χ3n) is 8.96. The third-order valence-corrected chi connectivity index (χ3v) is 8.96. The molecule has 1 atom stereocenters. The van der Waals surface area contributed by atoms with Gasteiger partial charge in [0.15, 0.2) is 0 Å². The molecular weight excluding hydrogens is 420 g/mol. The number of allylic oxidation sites excluding steroid dienone is 4. The highest BCUT2D eigenvalue weighted by molar-refractivity contribution is 6.20. The summed E-state index contributed by atoms with van der Waals surface area (Å²) < 4.78 is 0. The van der Waals surface area contributed by atoms with Crippen LogP contribution in [0.3, 0.4) is 0 Å². The van der Waals surface area contributed by atoms with Gasteiger partial charge < -0.3 is 0 Å². The van der Waals surface area contributed by atoms with E-state index in [1.54, 1.807) is 0 Å². The maximum Gasteiger partial charge on any atom is 0.00292 e. The van der Waals surface area contributed by atoms with Crippen molar-refractivity contribution in [2.75, 3.05) is 0 Å². The van der Waals surface area contributed by atoms with Gasteiger partial charge in [-0.15, -0.1) is 0 Å². The summed E-state index contributed by atoms with van der Waals surface area (Å²) in [5.41, 5.74) is 18.0. The molecule has 0 saturated heterocycles. The Hall–Kier alpha value is -3.12. The van der Waals surface area contributed by atoms with Gasteiger partial charge in [0.25, 0.3) is 0 Å². The molecule has 0 N–H and O–H groups in total. The molecule has 1 unspecified atom stereocenters. The first-order chi connectivity index (χ1) is 16.5. The first kappa shape index (κ1) is 23.6. The first-order valence-electron chi connectivity index (χ1n) is 12.9. The Bertz CT molecular complexity index is 1530. The van der Waals surface area contributed by atoms with Gasteiger partial charge in [-0.05, 0) is 145 Å². The molecule has 0 heteroatoms. The predicted molar refractivity (Wildman–Crippen MR) is 156 cm³/mol. The normalized spacial score (nSPS) is 16.1. The molecule has 0 spiro atoms. The fourth-order valence-corrected chi connectivity index (χ4v) is 5.89. The lowest BCUT2D eigenvalue weighted by Gasteiger charge is -2.23. The van der Waals surface area contributed by atoms with Gasteiger partial charge in [0.05, 0.1) is 0 Å². The molecule has 178 valence electrons. The first-order valence-corrected chi connectivity index (χ1v) is 12.9. The molecule has 0 heterocycles. The van der Waals surface area contributed by atoms with E-state index in [1.807, 2.05) is 0 Å². The molecule has 0 saturated carbocycles. The van der Waals surface area contributed by atoms with Crippen LogP contribution >= 0.6 is 0 Å². The van der Waals surface area contributed by atoms with E-state index in [0.717, 1.165) is 0 Å². The van der Waals surface area contributed by atoms with Crippen molar-refractivity contribution in [3.8, 4) is 11.1 Å². The Balaban J connectivity index is 2.04. The van der Waals surface area contributed by atoms with Crippen molar-refractivity contribution in [2.45, 2.75) is 69.2 Å². The fourth-order valence-electron chi connectivity index (χ4n) is 5.89. The molecule has 35 heavy (non-hydrogen) atoms. The zero-order chi connectivity index (χ0) is 25.3. The Kier molecular flexibility index (Phi) is 5.55. The van der Waals surface area contributed by atoms with Crippen LogP contribution in [0.4, 0.5) is 0 Å². The highest BCUT2D eigenvalue weighted by Gasteiger charge is 2.26. The number of hydrogen-bond donors (Lipinski definition) is 0. The molecule has 0 amide bonds. The van der Waals surface area contributed by atoms with Crippen molar-refractivity contribution in [1.82, 2.24) is 0 Å². The summed E-state index contributed by atoms with van der Waals surface area (Å²) in [5, 5.41) is 5.51. The average Bonchev–Trinajstić information content (AvgIpc) is 3.05. The molecule has 0 bridgehead atoms. The Morgan fingerprint density at radius 2 is 0.886 bits per heavy atom. The minimum atomic E-state index is 0.430. The molecular formula is C35H38. The lowest BCUT2D eigenvalue weighted by Crippen LogP contribution is -2.02. The lowest BCUT2D eigenvalue weighted by molar-refractivity contribution is 0.897. The number of hydrogen-bond acceptors (Lipinski definition) is 0. The van der Waals surface area contributed by atoms with Gasteiger partial charge in [-0.2, -0.15) is 0 Å². The van der Waals surface area contributed by atoms with Crippen LogP contribution in [0.5, 0.6) is 0 Å². The van der Waals surface area contributed by atoms with Gasteiger partial charge in [0.1, 0.15) is 0 Å². The number of fused-ring (bicyclic) bond motifs is 2. The number of rotatable bonds is 2. The van der Waals surface area contributed by atoms with E-state index in [9.17, 15) is 0 Å². The summed E-state index contributed by atoms with van der Waals surface area (Å²) >= 11 is 0. The van der Waals surface area contributed by atoms with Gasteiger partial charge in [-0.1, -0.05) is 60.5 Å². The molecule has 0 aliphatic heterocycles. The summed E-state index contributed by atoms with van der Waals surface area (Å²) in [6.07, 6.45) is 2.44. The second-order valence-corrected chi connectivity index (χ2v) is 11.1. The monoisotopic (exact) mass is 458 g/mol. The smallest absolute Gasteiger partial charge is 0.00292 e. The van der Waals surface area contributed by atoms with Crippen LogP contribution in [0.1, 0.15) is 65.3 Å². The molecule has 4 aromatic rings. The van der Waals surface area contributed by atoms with E-state index in [1.165, 1.54) is 93.9 Å². The van der Waals surface area contributed by atoms with Crippen molar-refractivity contribution >= 4 is 27.1 Å². The highest BCUT2D eigenvalue weighted by atomic mass is 14.3. The quantitative estimate of drug-likeness (QED) is 0.262. The molecule has 0 fully saturated rings. The van der Waals surface area contributed by atoms with Crippen LogP contribution in [0, 0.1) is 54.4 Å². The van der Waals surface area contributed by atoms with Crippen molar-refractivity contribution in [1.29, 1.82) is 0 Å². The summed E-state index contributed by atoms with van der Waals surface area (Å²) in [5.74, 6) is 0.430. The topological polar surface area (TPSA) is 0 Å². The highest BCUT2D eigenvalue weighted by Crippen LogP contribution is 2.48. The van der Waals surface area contributed by atoms with E-state index in [-0.39, 0.29) is 0 Å². The van der Waals surface area contributed by atoms with Crippen LogP contribution in [0.15, 0.2) is 53.6 Å². The van der Waals surface area contributed by atoms with E-state index < -0.39 is 0 Å². The lowest BCUT2D eigenvalue weighted by atomic mass is 9.80. The molecule has 0 aromatic heterocycles. The summed E-state index contributed by atoms with van der Waals surface area (Å²) in [7, 11) is 0. The van der Waals surface area contributed by atoms with Crippen LogP contribution < -0.4 is 0 Å². The summed E-state index contributed by atoms with van der Waals surface area (Å²) in [6, 6.07) is 14.6. The average molecular weight is 459 g/mol. The SMILES string of the molecule is CC1=C(C)C(C)C(c2c3cc(C)c(C)cc3c(-c3cc(C)c(C)c(C)c3)c3cc(C)c(C)cc23)=C1. The van der Waals surface area contributed by atoms with Gasteiger partial charge in [-0.3, -0.25) is 0 Å². The van der Waals surface area contributed by atoms with Gasteiger partial charge >= 0.3 is 0 Å². The van der Waals surface area contributed by atoms with Crippen LogP contribution in [-0.4, -0.2) is 0 Å². The Morgan fingerprint density at radius 3 is 1.26 bits per heavy atom. The fraction of sp³-hybridized carbons (Fsp3) is 0.314. The molecule has 4 aromatic carbocycles. The van der Waals surface area contributed by atoms with E-state index in [0.29, 0.717) is 5.92 Å². The van der Waals surface area contributed by atoms with Crippen molar-refractivity contribution in [3.05, 3.63) is 98.1 Å². The largest absolute Gasteiger partial charge is 0.0631 e. The number of benzene rings is 4. The second kappa shape index (κ2) is 8.23. The standard InChI is InChI=1S/C35H38/c1-18-13-30-32(15-20(18)3)35(29-17-24(7)26(9)27(29)10)33-16-21(4)19(2)14-31(33)34(30)28-11-22(5)25(8)23(6)12-28/h11-17,27H,1-10H3. The minimum absolute atomic E-state index is 0.430. The molecule has 0 radical (unpaired) electrons. The Labute approximate surface area is 211 Å². The molecule has 0 nitrogen and oxygen atoms in total. The van der Waals surface area contributed by atoms with Gasteiger partial charge in [0, 0.05) is 5.92 Å². The van der Waals surface area contributed by atoms with Crippen molar-refractivity contribution in [3.63, 3.8) is 0 Å². The van der Waals surface area contributed by atoms with E-state index >= 15 is 0 Å². The van der Waals surface area contributed by atoms with Crippen LogP contribution in [0.2, 0.25) is 0 Å².